The molecule has 41 heavy (non-hydrogen) atoms. The second-order valence-electron chi connectivity index (χ2n) is 9.13. The van der Waals surface area contributed by atoms with Crippen LogP contribution in [0.15, 0.2) is 95.3 Å². The first-order valence-corrected chi connectivity index (χ1v) is 14.9. The predicted octanol–water partition coefficient (Wildman–Crippen LogP) is 7.17. The summed E-state index contributed by atoms with van der Waals surface area (Å²) in [6, 6.07) is 27.1. The molecule has 0 saturated carbocycles. The first kappa shape index (κ1) is 28.4. The van der Waals surface area contributed by atoms with Gasteiger partial charge in [-0.2, -0.15) is 0 Å². The van der Waals surface area contributed by atoms with E-state index >= 15 is 0 Å². The molecule has 7 nitrogen and oxygen atoms in total. The number of aromatic nitrogens is 1. The van der Waals surface area contributed by atoms with Gasteiger partial charge >= 0.3 is 0 Å². The number of fused-ring (bicyclic) bond motifs is 1. The van der Waals surface area contributed by atoms with Crippen LogP contribution in [0.3, 0.4) is 0 Å². The van der Waals surface area contributed by atoms with Crippen molar-refractivity contribution in [3.8, 4) is 0 Å². The van der Waals surface area contributed by atoms with Crippen molar-refractivity contribution < 1.29 is 14.4 Å². The minimum absolute atomic E-state index is 0.159. The average Bonchev–Trinajstić information content (AvgIpc) is 3.39. The van der Waals surface area contributed by atoms with Crippen LogP contribution in [0.4, 0.5) is 11.4 Å². The monoisotopic (exact) mass is 600 g/mol. The Kier molecular flexibility index (Phi) is 8.98. The van der Waals surface area contributed by atoms with E-state index in [-0.39, 0.29) is 29.0 Å². The zero-order chi connectivity index (χ0) is 28.8. The van der Waals surface area contributed by atoms with Crippen molar-refractivity contribution in [2.45, 2.75) is 17.8 Å². The van der Waals surface area contributed by atoms with Crippen LogP contribution in [-0.4, -0.2) is 28.5 Å². The van der Waals surface area contributed by atoms with E-state index in [9.17, 15) is 14.4 Å². The van der Waals surface area contributed by atoms with Gasteiger partial charge < -0.3 is 16.0 Å². The van der Waals surface area contributed by atoms with Gasteiger partial charge in [0, 0.05) is 22.9 Å². The van der Waals surface area contributed by atoms with Crippen LogP contribution in [-0.2, 0) is 11.3 Å². The zero-order valence-corrected chi connectivity index (χ0v) is 24.3. The van der Waals surface area contributed by atoms with Crippen LogP contribution in [0.5, 0.6) is 0 Å². The Morgan fingerprint density at radius 1 is 0.829 bits per heavy atom. The molecule has 0 radical (unpaired) electrons. The third-order valence-corrected chi connectivity index (χ3v) is 8.69. The topological polar surface area (TPSA) is 100 Å². The van der Waals surface area contributed by atoms with Crippen LogP contribution in [0.2, 0.25) is 5.02 Å². The molecule has 3 N–H and O–H groups in total. The summed E-state index contributed by atoms with van der Waals surface area (Å²) in [5.41, 5.74) is 4.47. The van der Waals surface area contributed by atoms with E-state index in [1.54, 1.807) is 36.4 Å². The molecule has 0 atom stereocenters. The fourth-order valence-corrected chi connectivity index (χ4v) is 6.08. The van der Waals surface area contributed by atoms with Crippen LogP contribution in [0, 0.1) is 6.92 Å². The first-order chi connectivity index (χ1) is 19.9. The summed E-state index contributed by atoms with van der Waals surface area (Å²) >= 11 is 8.91. The lowest BCUT2D eigenvalue weighted by atomic mass is 10.1. The number of thioether (sulfide) groups is 1. The fraction of sp³-hybridized carbons (Fsp3) is 0.0968. The smallest absolute Gasteiger partial charge is 0.256 e. The number of benzene rings is 4. The number of nitrogens with zero attached hydrogens (tertiary/aromatic N) is 1. The number of nitrogens with one attached hydrogen (secondary N) is 3. The number of carbonyl (C=O) groups is 3. The van der Waals surface area contributed by atoms with Gasteiger partial charge in [-0.05, 0) is 60.5 Å². The highest BCUT2D eigenvalue weighted by Gasteiger charge is 2.17. The molecule has 0 fully saturated rings. The number of thiazole rings is 1. The molecule has 0 aliphatic carbocycles. The van der Waals surface area contributed by atoms with Crippen molar-refractivity contribution in [3.05, 3.63) is 118 Å². The number of rotatable bonds is 9. The maximum absolute atomic E-state index is 13.2. The quantitative estimate of drug-likeness (QED) is 0.156. The van der Waals surface area contributed by atoms with E-state index in [4.69, 9.17) is 11.6 Å². The number of anilines is 2. The molecule has 0 spiro atoms. The summed E-state index contributed by atoms with van der Waals surface area (Å²) in [4.78, 5) is 43.1. The van der Waals surface area contributed by atoms with E-state index in [1.807, 2.05) is 61.5 Å². The number of hydrogen-bond donors (Lipinski definition) is 3. The average molecular weight is 601 g/mol. The molecule has 4 aromatic carbocycles. The Hall–Kier alpha value is -4.18. The number of amides is 3. The maximum Gasteiger partial charge on any atom is 0.256 e. The first-order valence-electron chi connectivity index (χ1n) is 12.7. The van der Waals surface area contributed by atoms with Gasteiger partial charge in [0.15, 0.2) is 4.34 Å². The van der Waals surface area contributed by atoms with E-state index in [0.29, 0.717) is 28.5 Å². The highest BCUT2D eigenvalue weighted by Crippen LogP contribution is 2.31. The molecule has 0 aliphatic heterocycles. The van der Waals surface area contributed by atoms with Gasteiger partial charge in [-0.15, -0.1) is 11.3 Å². The standard InChI is InChI=1S/C31H25ClN4O3S2/c1-19-11-12-21(15-25(19)32)34-28(37)18-40-31-36-26-14-13-22(16-27(26)41-31)35-30(39)24-10-6-5-9-23(24)29(38)33-17-20-7-3-2-4-8-20/h2-16H,17-18H2,1H3,(H,33,38)(H,34,37)(H,35,39). The fourth-order valence-electron chi connectivity index (χ4n) is 3.99. The van der Waals surface area contributed by atoms with E-state index in [2.05, 4.69) is 20.9 Å². The minimum Gasteiger partial charge on any atom is -0.348 e. The highest BCUT2D eigenvalue weighted by molar-refractivity contribution is 8.01. The molecule has 10 heteroatoms. The Labute approximate surface area is 250 Å². The van der Waals surface area contributed by atoms with Gasteiger partial charge in [0.05, 0.1) is 27.1 Å². The van der Waals surface area contributed by atoms with Gasteiger partial charge in [0.2, 0.25) is 5.91 Å². The largest absolute Gasteiger partial charge is 0.348 e. The summed E-state index contributed by atoms with van der Waals surface area (Å²) in [5, 5.41) is 9.21. The Balaban J connectivity index is 1.21. The van der Waals surface area contributed by atoms with Crippen molar-refractivity contribution in [1.82, 2.24) is 10.3 Å². The molecule has 206 valence electrons. The molecule has 0 unspecified atom stereocenters. The molecule has 1 heterocycles. The summed E-state index contributed by atoms with van der Waals surface area (Å²) < 4.78 is 1.60. The lowest BCUT2D eigenvalue weighted by Crippen LogP contribution is -2.26. The molecule has 0 saturated heterocycles. The third kappa shape index (κ3) is 7.32. The van der Waals surface area contributed by atoms with E-state index in [0.717, 1.165) is 25.7 Å². The van der Waals surface area contributed by atoms with Crippen LogP contribution < -0.4 is 16.0 Å². The molecule has 5 rings (SSSR count). The molecule has 1 aromatic heterocycles. The Morgan fingerprint density at radius 3 is 2.27 bits per heavy atom. The highest BCUT2D eigenvalue weighted by atomic mass is 35.5. The third-order valence-electron chi connectivity index (χ3n) is 6.12. The van der Waals surface area contributed by atoms with Gasteiger partial charge in [0.1, 0.15) is 0 Å². The van der Waals surface area contributed by atoms with Crippen molar-refractivity contribution >= 4 is 74.0 Å². The predicted molar refractivity (Wildman–Crippen MR) is 167 cm³/mol. The number of hydrogen-bond acceptors (Lipinski definition) is 6. The lowest BCUT2D eigenvalue weighted by Gasteiger charge is -2.11. The zero-order valence-electron chi connectivity index (χ0n) is 21.9. The number of aryl methyl sites for hydroxylation is 1. The van der Waals surface area contributed by atoms with Crippen LogP contribution >= 0.6 is 34.7 Å². The maximum atomic E-state index is 13.2. The summed E-state index contributed by atoms with van der Waals surface area (Å²) in [6.45, 7) is 2.26. The van der Waals surface area contributed by atoms with Crippen molar-refractivity contribution in [1.29, 1.82) is 0 Å². The van der Waals surface area contributed by atoms with Crippen molar-refractivity contribution in [2.24, 2.45) is 0 Å². The lowest BCUT2D eigenvalue weighted by molar-refractivity contribution is -0.113. The van der Waals surface area contributed by atoms with E-state index < -0.39 is 0 Å². The summed E-state index contributed by atoms with van der Waals surface area (Å²) in [5.74, 6) is -0.679. The van der Waals surface area contributed by atoms with Crippen LogP contribution in [0.1, 0.15) is 31.8 Å². The van der Waals surface area contributed by atoms with Gasteiger partial charge in [-0.1, -0.05) is 71.9 Å². The van der Waals surface area contributed by atoms with Crippen molar-refractivity contribution in [2.75, 3.05) is 16.4 Å². The molecular formula is C31H25ClN4O3S2. The number of halogens is 1. The SMILES string of the molecule is Cc1ccc(NC(=O)CSc2nc3ccc(NC(=O)c4ccccc4C(=O)NCc4ccccc4)cc3s2)cc1Cl. The summed E-state index contributed by atoms with van der Waals surface area (Å²) in [6.07, 6.45) is 0. The second-order valence-corrected chi connectivity index (χ2v) is 11.8. The minimum atomic E-state index is -0.387. The molecule has 5 aromatic rings. The van der Waals surface area contributed by atoms with Gasteiger partial charge in [-0.25, -0.2) is 4.98 Å². The Bertz CT molecular complexity index is 1740. The summed E-state index contributed by atoms with van der Waals surface area (Å²) in [7, 11) is 0. The molecular weight excluding hydrogens is 576 g/mol. The van der Waals surface area contributed by atoms with Gasteiger partial charge in [0.25, 0.3) is 11.8 Å². The van der Waals surface area contributed by atoms with Crippen LogP contribution in [0.25, 0.3) is 10.2 Å². The van der Waals surface area contributed by atoms with E-state index in [1.165, 1.54) is 23.1 Å². The molecule has 0 bridgehead atoms. The second kappa shape index (κ2) is 13.0. The molecule has 0 aliphatic rings. The molecule has 3 amide bonds. The normalized spacial score (nSPS) is 10.8. The van der Waals surface area contributed by atoms with Crippen molar-refractivity contribution in [3.63, 3.8) is 0 Å². The van der Waals surface area contributed by atoms with Gasteiger partial charge in [-0.3, -0.25) is 14.4 Å². The Morgan fingerprint density at radius 2 is 1.51 bits per heavy atom. The number of carbonyl (C=O) groups excluding carboxylic acids is 3.